The van der Waals surface area contributed by atoms with Gasteiger partial charge in [0.2, 0.25) is 5.91 Å². The van der Waals surface area contributed by atoms with E-state index < -0.39 is 24.4 Å². The van der Waals surface area contributed by atoms with Gasteiger partial charge in [-0.3, -0.25) is 9.48 Å². The second-order valence-corrected chi connectivity index (χ2v) is 5.43. The number of halogens is 3. The van der Waals surface area contributed by atoms with Gasteiger partial charge in [0.25, 0.3) is 0 Å². The van der Waals surface area contributed by atoms with E-state index in [0.29, 0.717) is 0 Å². The highest BCUT2D eigenvalue weighted by atomic mass is 19.4. The lowest BCUT2D eigenvalue weighted by atomic mass is 10.1. The van der Waals surface area contributed by atoms with Crippen molar-refractivity contribution in [3.05, 3.63) is 52.8 Å². The Morgan fingerprint density at radius 1 is 1.29 bits per heavy atom. The number of alkyl halides is 3. The van der Waals surface area contributed by atoms with Crippen molar-refractivity contribution in [3.63, 3.8) is 0 Å². The molecule has 0 spiro atoms. The van der Waals surface area contributed by atoms with Crippen molar-refractivity contribution in [1.29, 1.82) is 0 Å². The third kappa shape index (κ3) is 4.82. The molecule has 5 nitrogen and oxygen atoms in total. The fourth-order valence-corrected chi connectivity index (χ4v) is 2.20. The van der Waals surface area contributed by atoms with E-state index in [9.17, 15) is 18.0 Å². The van der Waals surface area contributed by atoms with Gasteiger partial charge in [-0.2, -0.15) is 18.3 Å². The minimum atomic E-state index is -4.62. The Balaban J connectivity index is 1.99. The fourth-order valence-electron chi connectivity index (χ4n) is 2.20. The van der Waals surface area contributed by atoms with Gasteiger partial charge in [0, 0.05) is 24.9 Å². The summed E-state index contributed by atoms with van der Waals surface area (Å²) in [4.78, 5) is 11.9. The van der Waals surface area contributed by atoms with Gasteiger partial charge < -0.3 is 10.4 Å². The van der Waals surface area contributed by atoms with E-state index in [0.717, 1.165) is 22.0 Å². The number of nitrogens with one attached hydrogen (secondary N) is 1. The normalized spacial score (nSPS) is 11.5. The predicted octanol–water partition coefficient (Wildman–Crippen LogP) is 2.06. The first-order valence-electron chi connectivity index (χ1n) is 7.36. The largest absolute Gasteiger partial charge is 0.435 e. The second-order valence-electron chi connectivity index (χ2n) is 5.43. The molecule has 130 valence electrons. The van der Waals surface area contributed by atoms with Crippen LogP contribution in [0.3, 0.4) is 0 Å². The highest BCUT2D eigenvalue weighted by Gasteiger charge is 2.37. The molecule has 0 atom stereocenters. The molecule has 2 rings (SSSR count). The van der Waals surface area contributed by atoms with Gasteiger partial charge >= 0.3 is 6.18 Å². The third-order valence-electron chi connectivity index (χ3n) is 3.40. The first-order valence-corrected chi connectivity index (χ1v) is 7.36. The van der Waals surface area contributed by atoms with Crippen LogP contribution >= 0.6 is 0 Å². The van der Waals surface area contributed by atoms with Crippen LogP contribution in [0, 0.1) is 6.92 Å². The molecule has 2 aromatic rings. The number of rotatable bonds is 6. The highest BCUT2D eigenvalue weighted by molar-refractivity contribution is 5.75. The Bertz CT molecular complexity index is 694. The van der Waals surface area contributed by atoms with Gasteiger partial charge in [0.05, 0.1) is 0 Å². The Morgan fingerprint density at radius 2 is 1.96 bits per heavy atom. The number of aliphatic hydroxyl groups excluding tert-OH is 1. The van der Waals surface area contributed by atoms with Crippen LogP contribution in [-0.2, 0) is 30.5 Å². The van der Waals surface area contributed by atoms with Gasteiger partial charge in [-0.15, -0.1) is 0 Å². The molecule has 0 fully saturated rings. The Hall–Kier alpha value is -2.35. The highest BCUT2D eigenvalue weighted by Crippen LogP contribution is 2.30. The number of aromatic nitrogens is 2. The number of benzene rings is 1. The zero-order valence-electron chi connectivity index (χ0n) is 13.1. The van der Waals surface area contributed by atoms with Crippen molar-refractivity contribution >= 4 is 5.91 Å². The van der Waals surface area contributed by atoms with Crippen LogP contribution < -0.4 is 5.32 Å². The summed E-state index contributed by atoms with van der Waals surface area (Å²) in [7, 11) is 0. The van der Waals surface area contributed by atoms with Crippen LogP contribution in [0.5, 0.6) is 0 Å². The number of aryl methyl sites for hydroxylation is 1. The van der Waals surface area contributed by atoms with Crippen molar-refractivity contribution in [3.8, 4) is 0 Å². The molecule has 0 radical (unpaired) electrons. The summed E-state index contributed by atoms with van der Waals surface area (Å²) in [6, 6.07) is 7.55. The average Bonchev–Trinajstić information content (AvgIpc) is 2.90. The number of nitrogens with zero attached hydrogens (tertiary/aromatic N) is 2. The minimum Gasteiger partial charge on any atom is -0.396 e. The average molecular weight is 341 g/mol. The zero-order valence-corrected chi connectivity index (χ0v) is 13.1. The lowest BCUT2D eigenvalue weighted by Crippen LogP contribution is -2.27. The van der Waals surface area contributed by atoms with Crippen LogP contribution in [0.15, 0.2) is 30.5 Å². The van der Waals surface area contributed by atoms with Gasteiger partial charge in [0.15, 0.2) is 5.69 Å². The molecule has 8 heteroatoms. The molecule has 24 heavy (non-hydrogen) atoms. The lowest BCUT2D eigenvalue weighted by molar-refractivity contribution is -0.142. The van der Waals surface area contributed by atoms with Crippen LogP contribution in [0.1, 0.15) is 22.4 Å². The summed E-state index contributed by atoms with van der Waals surface area (Å²) in [5.41, 5.74) is 0.795. The van der Waals surface area contributed by atoms with E-state index in [4.69, 9.17) is 5.11 Å². The minimum absolute atomic E-state index is 0.128. The molecule has 0 aliphatic carbocycles. The second kappa shape index (κ2) is 7.48. The van der Waals surface area contributed by atoms with E-state index in [2.05, 4.69) is 10.4 Å². The molecule has 0 saturated heterocycles. The van der Waals surface area contributed by atoms with Gasteiger partial charge in [-0.1, -0.05) is 29.8 Å². The summed E-state index contributed by atoms with van der Waals surface area (Å²) >= 11 is 0. The Labute approximate surface area is 137 Å². The molecule has 1 heterocycles. The molecule has 1 aromatic heterocycles. The Morgan fingerprint density at radius 3 is 2.54 bits per heavy atom. The fraction of sp³-hybridized carbons (Fsp3) is 0.375. The molecule has 1 amide bonds. The maximum absolute atomic E-state index is 12.9. The monoisotopic (exact) mass is 341 g/mol. The van der Waals surface area contributed by atoms with Crippen LogP contribution in [0.2, 0.25) is 0 Å². The number of carbonyl (C=O) groups is 1. The number of hydrogen-bond donors (Lipinski definition) is 2. The SMILES string of the molecule is Cc1ccc(CNC(=O)Cn2cc(CCO)c(C(F)(F)F)n2)cc1. The summed E-state index contributed by atoms with van der Waals surface area (Å²) < 4.78 is 39.5. The van der Waals surface area contributed by atoms with Crippen molar-refractivity contribution in [2.75, 3.05) is 6.61 Å². The maximum Gasteiger partial charge on any atom is 0.435 e. The maximum atomic E-state index is 12.9. The molecule has 0 aliphatic rings. The molecular formula is C16H18F3N3O2. The van der Waals surface area contributed by atoms with Crippen LogP contribution in [0.4, 0.5) is 13.2 Å². The molecule has 2 N–H and O–H groups in total. The first kappa shape index (κ1) is 18.0. The Kier molecular flexibility index (Phi) is 5.61. The van der Waals surface area contributed by atoms with E-state index in [-0.39, 0.29) is 25.1 Å². The summed E-state index contributed by atoms with van der Waals surface area (Å²) in [6.45, 7) is 1.49. The van der Waals surface area contributed by atoms with Gasteiger partial charge in [-0.05, 0) is 18.9 Å². The standard InChI is InChI=1S/C16H18F3N3O2/c1-11-2-4-12(5-3-11)8-20-14(24)10-22-9-13(6-7-23)15(21-22)16(17,18)19/h2-5,9,23H,6-8,10H2,1H3,(H,20,24). The molecule has 0 bridgehead atoms. The summed E-state index contributed by atoms with van der Waals surface area (Å²) in [5.74, 6) is -0.442. The number of carbonyl (C=O) groups excluding carboxylic acids is 1. The van der Waals surface area contributed by atoms with Crippen molar-refractivity contribution < 1.29 is 23.1 Å². The van der Waals surface area contributed by atoms with E-state index in [1.54, 1.807) is 0 Å². The topological polar surface area (TPSA) is 67.2 Å². The zero-order chi connectivity index (χ0) is 17.7. The number of hydrogen-bond acceptors (Lipinski definition) is 3. The molecule has 1 aromatic carbocycles. The number of amides is 1. The van der Waals surface area contributed by atoms with E-state index in [1.165, 1.54) is 0 Å². The van der Waals surface area contributed by atoms with Crippen molar-refractivity contribution in [2.45, 2.75) is 32.6 Å². The molecular weight excluding hydrogens is 323 g/mol. The first-order chi connectivity index (χ1) is 11.3. The quantitative estimate of drug-likeness (QED) is 0.845. The predicted molar refractivity (Wildman–Crippen MR) is 81.0 cm³/mol. The van der Waals surface area contributed by atoms with Crippen LogP contribution in [0.25, 0.3) is 0 Å². The number of aliphatic hydroxyl groups is 1. The molecule has 0 aliphatic heterocycles. The molecule has 0 saturated carbocycles. The van der Waals surface area contributed by atoms with E-state index >= 15 is 0 Å². The van der Waals surface area contributed by atoms with Crippen molar-refractivity contribution in [1.82, 2.24) is 15.1 Å². The van der Waals surface area contributed by atoms with Crippen LogP contribution in [-0.4, -0.2) is 27.4 Å². The smallest absolute Gasteiger partial charge is 0.396 e. The van der Waals surface area contributed by atoms with Gasteiger partial charge in [0.1, 0.15) is 6.54 Å². The molecule has 0 unspecified atom stereocenters. The summed E-state index contributed by atoms with van der Waals surface area (Å²) in [5, 5.41) is 14.9. The van der Waals surface area contributed by atoms with Gasteiger partial charge in [-0.25, -0.2) is 0 Å². The lowest BCUT2D eigenvalue weighted by Gasteiger charge is -2.06. The van der Waals surface area contributed by atoms with E-state index in [1.807, 2.05) is 31.2 Å². The summed E-state index contributed by atoms with van der Waals surface area (Å²) in [6.07, 6.45) is -3.64. The van der Waals surface area contributed by atoms with Crippen molar-refractivity contribution in [2.24, 2.45) is 0 Å². The third-order valence-corrected chi connectivity index (χ3v) is 3.40.